The predicted molar refractivity (Wildman–Crippen MR) is 107 cm³/mol. The Bertz CT molecular complexity index is 850. The van der Waals surface area contributed by atoms with E-state index < -0.39 is 7.60 Å². The van der Waals surface area contributed by atoms with Crippen LogP contribution in [0, 0.1) is 0 Å². The number of para-hydroxylation sites is 1. The van der Waals surface area contributed by atoms with Crippen LogP contribution in [0.2, 0.25) is 0 Å². The van der Waals surface area contributed by atoms with E-state index in [-0.39, 0.29) is 6.16 Å². The van der Waals surface area contributed by atoms with Gasteiger partial charge in [-0.05, 0) is 36.6 Å². The van der Waals surface area contributed by atoms with Crippen LogP contribution < -0.4 is 0 Å². The lowest BCUT2D eigenvalue weighted by atomic mass is 10.3. The summed E-state index contributed by atoms with van der Waals surface area (Å²) in [7, 11) is -3.14. The molecule has 0 aliphatic heterocycles. The van der Waals surface area contributed by atoms with Crippen molar-refractivity contribution in [2.24, 2.45) is 0 Å². The van der Waals surface area contributed by atoms with E-state index in [4.69, 9.17) is 9.05 Å². The van der Waals surface area contributed by atoms with Gasteiger partial charge in [0.05, 0.1) is 35.3 Å². The molecule has 0 aliphatic carbocycles. The van der Waals surface area contributed by atoms with Crippen LogP contribution in [-0.4, -0.2) is 23.2 Å². The van der Waals surface area contributed by atoms with Gasteiger partial charge in [0, 0.05) is 6.20 Å². The second kappa shape index (κ2) is 8.87. The van der Waals surface area contributed by atoms with Gasteiger partial charge in [-0.1, -0.05) is 32.0 Å². The Kier molecular flexibility index (Phi) is 6.54. The van der Waals surface area contributed by atoms with Crippen LogP contribution >= 0.6 is 18.9 Å². The molecule has 138 valence electrons. The SMILES string of the molecule is CCCOP(=O)(Cc1ccc(-c2nc3ccccc3s2)nc1)OCCC. The highest BCUT2D eigenvalue weighted by molar-refractivity contribution is 7.53. The molecule has 1 aromatic carbocycles. The topological polar surface area (TPSA) is 61.3 Å². The van der Waals surface area contributed by atoms with Crippen LogP contribution in [0.4, 0.5) is 0 Å². The van der Waals surface area contributed by atoms with Crippen molar-refractivity contribution < 1.29 is 13.6 Å². The molecule has 0 N–H and O–H groups in total. The molecular formula is C19H23N2O3PS. The van der Waals surface area contributed by atoms with Gasteiger partial charge in [0.2, 0.25) is 0 Å². The molecular weight excluding hydrogens is 367 g/mol. The lowest BCUT2D eigenvalue weighted by Gasteiger charge is -2.18. The first-order chi connectivity index (χ1) is 12.6. The van der Waals surface area contributed by atoms with Crippen LogP contribution in [0.5, 0.6) is 0 Å². The molecule has 0 amide bonds. The second-order valence-corrected chi connectivity index (χ2v) is 9.06. The monoisotopic (exact) mass is 390 g/mol. The number of fused-ring (bicyclic) bond motifs is 1. The number of hydrogen-bond acceptors (Lipinski definition) is 6. The van der Waals surface area contributed by atoms with Gasteiger partial charge in [-0.15, -0.1) is 11.3 Å². The zero-order valence-electron chi connectivity index (χ0n) is 15.1. The van der Waals surface area contributed by atoms with Gasteiger partial charge < -0.3 is 9.05 Å². The second-order valence-electron chi connectivity index (χ2n) is 5.97. The summed E-state index contributed by atoms with van der Waals surface area (Å²) in [6, 6.07) is 11.9. The first-order valence-electron chi connectivity index (χ1n) is 8.82. The Morgan fingerprint density at radius 2 is 1.77 bits per heavy atom. The molecule has 0 radical (unpaired) electrons. The highest BCUT2D eigenvalue weighted by atomic mass is 32.1. The standard InChI is InChI=1S/C19H23N2O3PS/c1-3-11-23-25(22,24-12-4-2)14-15-9-10-17(20-13-15)19-21-16-7-5-6-8-18(16)26-19/h5-10,13H,3-4,11-12,14H2,1-2H3. The fourth-order valence-corrected chi connectivity index (χ4v) is 5.19. The summed E-state index contributed by atoms with van der Waals surface area (Å²) < 4.78 is 25.1. The van der Waals surface area contributed by atoms with Gasteiger partial charge in [0.1, 0.15) is 5.01 Å². The third-order valence-electron chi connectivity index (χ3n) is 3.70. The van der Waals surface area contributed by atoms with Crippen molar-refractivity contribution in [3.8, 4) is 10.7 Å². The number of pyridine rings is 1. The molecule has 0 spiro atoms. The lowest BCUT2D eigenvalue weighted by Crippen LogP contribution is -2.01. The summed E-state index contributed by atoms with van der Waals surface area (Å²) in [5, 5.41) is 0.880. The quantitative estimate of drug-likeness (QED) is 0.425. The van der Waals surface area contributed by atoms with Crippen LogP contribution in [0.3, 0.4) is 0 Å². The van der Waals surface area contributed by atoms with E-state index in [0.29, 0.717) is 13.2 Å². The van der Waals surface area contributed by atoms with Crippen LogP contribution in [0.1, 0.15) is 32.3 Å². The minimum atomic E-state index is -3.14. The molecule has 0 saturated heterocycles. The first-order valence-corrected chi connectivity index (χ1v) is 11.4. The van der Waals surface area contributed by atoms with E-state index in [9.17, 15) is 4.57 Å². The summed E-state index contributed by atoms with van der Waals surface area (Å²) in [5.74, 6) is 0. The molecule has 7 heteroatoms. The van der Waals surface area contributed by atoms with Crippen molar-refractivity contribution in [3.63, 3.8) is 0 Å². The van der Waals surface area contributed by atoms with Gasteiger partial charge in [0.15, 0.2) is 0 Å². The molecule has 0 aliphatic rings. The maximum absolute atomic E-state index is 12.9. The van der Waals surface area contributed by atoms with E-state index in [2.05, 4.69) is 16.0 Å². The largest absolute Gasteiger partial charge is 0.335 e. The third-order valence-corrected chi connectivity index (χ3v) is 6.66. The molecule has 0 bridgehead atoms. The summed E-state index contributed by atoms with van der Waals surface area (Å²) in [6.07, 6.45) is 3.57. The maximum atomic E-state index is 12.9. The van der Waals surface area contributed by atoms with Gasteiger partial charge in [0.25, 0.3) is 0 Å². The van der Waals surface area contributed by atoms with Gasteiger partial charge in [-0.2, -0.15) is 0 Å². The van der Waals surface area contributed by atoms with Crippen LogP contribution in [0.25, 0.3) is 20.9 Å². The number of hydrogen-bond donors (Lipinski definition) is 0. The maximum Gasteiger partial charge on any atom is 0.335 e. The van der Waals surface area contributed by atoms with Gasteiger partial charge in [-0.3, -0.25) is 9.55 Å². The van der Waals surface area contributed by atoms with Crippen LogP contribution in [0.15, 0.2) is 42.6 Å². The molecule has 0 saturated carbocycles. The number of rotatable bonds is 9. The molecule has 0 atom stereocenters. The number of nitrogens with zero attached hydrogens (tertiary/aromatic N) is 2. The molecule has 0 fully saturated rings. The summed E-state index contributed by atoms with van der Waals surface area (Å²) >= 11 is 1.61. The number of aromatic nitrogens is 2. The van der Waals surface area contributed by atoms with E-state index in [1.165, 1.54) is 0 Å². The van der Waals surface area contributed by atoms with Crippen molar-refractivity contribution in [1.29, 1.82) is 0 Å². The zero-order chi connectivity index (χ0) is 18.4. The third kappa shape index (κ3) is 4.77. The van der Waals surface area contributed by atoms with Gasteiger partial charge >= 0.3 is 7.60 Å². The Balaban J connectivity index is 1.76. The van der Waals surface area contributed by atoms with Crippen molar-refractivity contribution >= 4 is 29.1 Å². The Morgan fingerprint density at radius 3 is 2.38 bits per heavy atom. The average molecular weight is 390 g/mol. The highest BCUT2D eigenvalue weighted by Gasteiger charge is 2.25. The lowest BCUT2D eigenvalue weighted by molar-refractivity contribution is 0.203. The Morgan fingerprint density at radius 1 is 1.04 bits per heavy atom. The minimum Gasteiger partial charge on any atom is -0.308 e. The van der Waals surface area contributed by atoms with Crippen molar-refractivity contribution in [2.45, 2.75) is 32.9 Å². The Hall–Kier alpha value is -1.59. The Labute approximate surface area is 157 Å². The molecule has 3 aromatic rings. The molecule has 3 rings (SSSR count). The molecule has 5 nitrogen and oxygen atoms in total. The number of thiazole rings is 1. The van der Waals surface area contributed by atoms with Crippen molar-refractivity contribution in [3.05, 3.63) is 48.2 Å². The predicted octanol–water partition coefficient (Wildman–Crippen LogP) is 5.90. The normalized spacial score (nSPS) is 11.9. The van der Waals surface area contributed by atoms with E-state index in [1.807, 2.05) is 44.2 Å². The van der Waals surface area contributed by atoms with Crippen LogP contribution in [-0.2, 0) is 19.8 Å². The smallest absolute Gasteiger partial charge is 0.308 e. The van der Waals surface area contributed by atoms with E-state index in [1.54, 1.807) is 17.5 Å². The molecule has 2 heterocycles. The van der Waals surface area contributed by atoms with E-state index in [0.717, 1.165) is 39.3 Å². The van der Waals surface area contributed by atoms with E-state index >= 15 is 0 Å². The first kappa shape index (κ1) is 19.2. The molecule has 2 aromatic heterocycles. The zero-order valence-corrected chi connectivity index (χ0v) is 16.8. The number of benzene rings is 1. The average Bonchev–Trinajstić information content (AvgIpc) is 3.10. The molecule has 26 heavy (non-hydrogen) atoms. The molecule has 0 unspecified atom stereocenters. The minimum absolute atomic E-state index is 0.236. The summed E-state index contributed by atoms with van der Waals surface area (Å²) in [5.41, 5.74) is 2.63. The van der Waals surface area contributed by atoms with Gasteiger partial charge in [-0.25, -0.2) is 4.98 Å². The fourth-order valence-electron chi connectivity index (χ4n) is 2.44. The highest BCUT2D eigenvalue weighted by Crippen LogP contribution is 2.51. The fraction of sp³-hybridized carbons (Fsp3) is 0.368. The van der Waals surface area contributed by atoms with Crippen molar-refractivity contribution in [2.75, 3.05) is 13.2 Å². The van der Waals surface area contributed by atoms with Crippen molar-refractivity contribution in [1.82, 2.24) is 9.97 Å². The summed E-state index contributed by atoms with van der Waals surface area (Å²) in [6.45, 7) is 4.83. The summed E-state index contributed by atoms with van der Waals surface area (Å²) in [4.78, 5) is 9.12.